The molecular weight excluding hydrogens is 269 g/mol. The number of benzene rings is 1. The first kappa shape index (κ1) is 12.9. The van der Waals surface area contributed by atoms with E-state index in [0.29, 0.717) is 10.0 Å². The molecule has 3 nitrogen and oxygen atoms in total. The van der Waals surface area contributed by atoms with Crippen LogP contribution in [0.2, 0.25) is 10.0 Å². The zero-order valence-corrected chi connectivity index (χ0v) is 11.2. The van der Waals surface area contributed by atoms with Crippen molar-refractivity contribution in [3.8, 4) is 0 Å². The maximum atomic E-state index is 5.91. The van der Waals surface area contributed by atoms with E-state index in [0.717, 1.165) is 17.1 Å². The number of rotatable bonds is 3. The van der Waals surface area contributed by atoms with Gasteiger partial charge >= 0.3 is 0 Å². The minimum absolute atomic E-state index is 0.493. The molecule has 1 aromatic carbocycles. The SMILES string of the molecule is C/C(=N\Nc1ccc(Cl)c(Cl)c1)c1ccccn1. The molecule has 0 aliphatic carbocycles. The van der Waals surface area contributed by atoms with Crippen LogP contribution >= 0.6 is 23.2 Å². The number of hydrazone groups is 1. The predicted molar refractivity (Wildman–Crippen MR) is 76.5 cm³/mol. The number of nitrogens with one attached hydrogen (secondary N) is 1. The topological polar surface area (TPSA) is 37.3 Å². The van der Waals surface area contributed by atoms with Gasteiger partial charge in [0.15, 0.2) is 0 Å². The van der Waals surface area contributed by atoms with E-state index in [9.17, 15) is 0 Å². The molecule has 0 bridgehead atoms. The highest BCUT2D eigenvalue weighted by Gasteiger charge is 2.00. The molecule has 0 amide bonds. The normalized spacial score (nSPS) is 11.4. The van der Waals surface area contributed by atoms with Crippen LogP contribution in [0.3, 0.4) is 0 Å². The van der Waals surface area contributed by atoms with E-state index in [1.165, 1.54) is 0 Å². The first-order chi connectivity index (χ1) is 8.66. The van der Waals surface area contributed by atoms with Gasteiger partial charge in [-0.05, 0) is 37.3 Å². The molecule has 0 fully saturated rings. The third-order valence-corrected chi connectivity index (χ3v) is 3.05. The van der Waals surface area contributed by atoms with Crippen molar-refractivity contribution in [1.82, 2.24) is 4.98 Å². The van der Waals surface area contributed by atoms with Crippen molar-refractivity contribution < 1.29 is 0 Å². The Bertz CT molecular complexity index is 568. The molecule has 0 saturated carbocycles. The van der Waals surface area contributed by atoms with Crippen LogP contribution in [-0.2, 0) is 0 Å². The van der Waals surface area contributed by atoms with Gasteiger partial charge in [-0.25, -0.2) is 0 Å². The number of pyridine rings is 1. The average Bonchev–Trinajstić information content (AvgIpc) is 2.41. The van der Waals surface area contributed by atoms with E-state index >= 15 is 0 Å². The summed E-state index contributed by atoms with van der Waals surface area (Å²) in [5.41, 5.74) is 5.31. The summed E-state index contributed by atoms with van der Waals surface area (Å²) in [7, 11) is 0. The van der Waals surface area contributed by atoms with Crippen molar-refractivity contribution in [2.45, 2.75) is 6.92 Å². The van der Waals surface area contributed by atoms with Crippen molar-refractivity contribution in [2.24, 2.45) is 5.10 Å². The van der Waals surface area contributed by atoms with Gasteiger partial charge in [-0.1, -0.05) is 29.3 Å². The Kier molecular flexibility index (Phi) is 4.18. The summed E-state index contributed by atoms with van der Waals surface area (Å²) in [6.45, 7) is 1.88. The van der Waals surface area contributed by atoms with E-state index in [-0.39, 0.29) is 0 Å². The Balaban J connectivity index is 2.13. The van der Waals surface area contributed by atoms with E-state index in [2.05, 4.69) is 15.5 Å². The van der Waals surface area contributed by atoms with Gasteiger partial charge < -0.3 is 0 Å². The van der Waals surface area contributed by atoms with E-state index in [4.69, 9.17) is 23.2 Å². The van der Waals surface area contributed by atoms with E-state index < -0.39 is 0 Å². The van der Waals surface area contributed by atoms with Crippen molar-refractivity contribution in [1.29, 1.82) is 0 Å². The monoisotopic (exact) mass is 279 g/mol. The highest BCUT2D eigenvalue weighted by atomic mass is 35.5. The first-order valence-electron chi connectivity index (χ1n) is 5.33. The standard InChI is InChI=1S/C13H11Cl2N3/c1-9(13-4-2-3-7-16-13)17-18-10-5-6-11(14)12(15)8-10/h2-8,18H,1H3/b17-9+. The molecule has 2 rings (SSSR count). The Morgan fingerprint density at radius 2 is 2.00 bits per heavy atom. The fourth-order valence-electron chi connectivity index (χ4n) is 1.35. The molecule has 1 N–H and O–H groups in total. The molecule has 0 atom stereocenters. The summed E-state index contributed by atoms with van der Waals surface area (Å²) < 4.78 is 0. The van der Waals surface area contributed by atoms with Crippen LogP contribution in [0, 0.1) is 0 Å². The smallest absolute Gasteiger partial charge is 0.0859 e. The molecule has 0 radical (unpaired) electrons. The summed E-state index contributed by atoms with van der Waals surface area (Å²) in [5.74, 6) is 0. The van der Waals surface area contributed by atoms with Gasteiger partial charge in [0, 0.05) is 6.20 Å². The van der Waals surface area contributed by atoms with Gasteiger partial charge in [-0.3, -0.25) is 10.4 Å². The van der Waals surface area contributed by atoms with Crippen LogP contribution in [0.5, 0.6) is 0 Å². The fourth-order valence-corrected chi connectivity index (χ4v) is 1.65. The number of aromatic nitrogens is 1. The van der Waals surface area contributed by atoms with Crippen molar-refractivity contribution in [3.63, 3.8) is 0 Å². The molecule has 0 unspecified atom stereocenters. The zero-order chi connectivity index (χ0) is 13.0. The number of halogens is 2. The van der Waals surface area contributed by atoms with Gasteiger partial charge in [0.05, 0.1) is 27.1 Å². The Labute approximate surface area is 115 Å². The molecule has 92 valence electrons. The molecule has 5 heteroatoms. The summed E-state index contributed by atoms with van der Waals surface area (Å²) >= 11 is 11.7. The zero-order valence-electron chi connectivity index (χ0n) is 9.69. The minimum atomic E-state index is 0.493. The van der Waals surface area contributed by atoms with Crippen molar-refractivity contribution >= 4 is 34.6 Å². The molecule has 1 aromatic heterocycles. The molecule has 0 aliphatic heterocycles. The third-order valence-electron chi connectivity index (χ3n) is 2.31. The Morgan fingerprint density at radius 1 is 1.17 bits per heavy atom. The van der Waals surface area contributed by atoms with Crippen LogP contribution in [-0.4, -0.2) is 10.7 Å². The maximum Gasteiger partial charge on any atom is 0.0859 e. The summed E-state index contributed by atoms with van der Waals surface area (Å²) in [4.78, 5) is 4.20. The molecule has 18 heavy (non-hydrogen) atoms. The van der Waals surface area contributed by atoms with Crippen molar-refractivity contribution in [2.75, 3.05) is 5.43 Å². The second-order valence-corrected chi connectivity index (χ2v) is 4.47. The fraction of sp³-hybridized carbons (Fsp3) is 0.0769. The molecule has 2 aromatic rings. The number of hydrogen-bond donors (Lipinski definition) is 1. The van der Waals surface area contributed by atoms with Crippen LogP contribution in [0.15, 0.2) is 47.7 Å². The second-order valence-electron chi connectivity index (χ2n) is 3.65. The third kappa shape index (κ3) is 3.22. The van der Waals surface area contributed by atoms with Crippen LogP contribution in [0.4, 0.5) is 5.69 Å². The molecule has 0 spiro atoms. The molecule has 1 heterocycles. The Hall–Kier alpha value is -1.58. The maximum absolute atomic E-state index is 5.91. The van der Waals surface area contributed by atoms with Crippen LogP contribution in [0.25, 0.3) is 0 Å². The number of hydrogen-bond acceptors (Lipinski definition) is 3. The number of anilines is 1. The number of nitrogens with zero attached hydrogens (tertiary/aromatic N) is 2. The van der Waals surface area contributed by atoms with Gasteiger partial charge in [-0.2, -0.15) is 5.10 Å². The van der Waals surface area contributed by atoms with Gasteiger partial charge in [0.25, 0.3) is 0 Å². The summed E-state index contributed by atoms with van der Waals surface area (Å²) in [6.07, 6.45) is 1.73. The molecule has 0 aliphatic rings. The van der Waals surface area contributed by atoms with Gasteiger partial charge in [0.2, 0.25) is 0 Å². The lowest BCUT2D eigenvalue weighted by Gasteiger charge is -2.04. The summed E-state index contributed by atoms with van der Waals surface area (Å²) in [5, 5.41) is 5.25. The van der Waals surface area contributed by atoms with Gasteiger partial charge in [-0.15, -0.1) is 0 Å². The second kappa shape index (κ2) is 5.85. The van der Waals surface area contributed by atoms with Crippen LogP contribution in [0.1, 0.15) is 12.6 Å². The minimum Gasteiger partial charge on any atom is -0.278 e. The quantitative estimate of drug-likeness (QED) is 0.675. The largest absolute Gasteiger partial charge is 0.278 e. The Morgan fingerprint density at radius 3 is 2.67 bits per heavy atom. The van der Waals surface area contributed by atoms with Crippen molar-refractivity contribution in [3.05, 3.63) is 58.3 Å². The highest BCUT2D eigenvalue weighted by molar-refractivity contribution is 6.42. The average molecular weight is 280 g/mol. The first-order valence-corrected chi connectivity index (χ1v) is 6.09. The lowest BCUT2D eigenvalue weighted by Crippen LogP contribution is -2.01. The molecular formula is C13H11Cl2N3. The summed E-state index contributed by atoms with van der Waals surface area (Å²) in [6, 6.07) is 10.9. The predicted octanol–water partition coefficient (Wildman–Crippen LogP) is 4.22. The molecule has 0 saturated heterocycles. The van der Waals surface area contributed by atoms with E-state index in [1.54, 1.807) is 18.3 Å². The van der Waals surface area contributed by atoms with E-state index in [1.807, 2.05) is 31.2 Å². The van der Waals surface area contributed by atoms with Gasteiger partial charge in [0.1, 0.15) is 0 Å². The lowest BCUT2D eigenvalue weighted by molar-refractivity contribution is 1.25. The highest BCUT2D eigenvalue weighted by Crippen LogP contribution is 2.24. The lowest BCUT2D eigenvalue weighted by atomic mass is 10.3. The van der Waals surface area contributed by atoms with Crippen LogP contribution < -0.4 is 5.43 Å².